The van der Waals surface area contributed by atoms with Crippen LogP contribution in [-0.4, -0.2) is 15.8 Å². The van der Waals surface area contributed by atoms with E-state index in [0.29, 0.717) is 5.92 Å². The molecule has 3 nitrogen and oxygen atoms in total. The fourth-order valence-corrected chi connectivity index (χ4v) is 2.35. The Morgan fingerprint density at radius 2 is 2.06 bits per heavy atom. The van der Waals surface area contributed by atoms with Gasteiger partial charge in [0.05, 0.1) is 16.4 Å². The van der Waals surface area contributed by atoms with Gasteiger partial charge in [0, 0.05) is 19.5 Å². The van der Waals surface area contributed by atoms with Crippen LogP contribution in [0, 0.1) is 5.92 Å². The molecule has 0 saturated heterocycles. The molecular formula is C12H22ClN3. The highest BCUT2D eigenvalue weighted by Crippen LogP contribution is 2.22. The van der Waals surface area contributed by atoms with Crippen LogP contribution in [0.25, 0.3) is 0 Å². The van der Waals surface area contributed by atoms with Gasteiger partial charge in [-0.2, -0.15) is 5.10 Å². The van der Waals surface area contributed by atoms with E-state index in [9.17, 15) is 0 Å². The lowest BCUT2D eigenvalue weighted by Crippen LogP contribution is -2.25. The van der Waals surface area contributed by atoms with Crippen molar-refractivity contribution < 1.29 is 0 Å². The third-order valence-electron chi connectivity index (χ3n) is 2.73. The lowest BCUT2D eigenvalue weighted by molar-refractivity contribution is 0.483. The zero-order valence-corrected chi connectivity index (χ0v) is 11.4. The molecular weight excluding hydrogens is 222 g/mol. The van der Waals surface area contributed by atoms with Gasteiger partial charge in [0.15, 0.2) is 0 Å². The van der Waals surface area contributed by atoms with Gasteiger partial charge >= 0.3 is 0 Å². The van der Waals surface area contributed by atoms with Crippen LogP contribution < -0.4 is 5.73 Å². The van der Waals surface area contributed by atoms with Gasteiger partial charge in [-0.05, 0) is 18.8 Å². The monoisotopic (exact) mass is 243 g/mol. The highest BCUT2D eigenvalue weighted by atomic mass is 35.5. The number of halogens is 1. The zero-order chi connectivity index (χ0) is 12.3. The van der Waals surface area contributed by atoms with Crippen LogP contribution in [0.3, 0.4) is 0 Å². The van der Waals surface area contributed by atoms with Crippen molar-refractivity contribution in [2.45, 2.75) is 46.1 Å². The number of nitrogens with zero attached hydrogens (tertiary/aromatic N) is 2. The van der Waals surface area contributed by atoms with E-state index in [1.165, 1.54) is 0 Å². The average molecular weight is 244 g/mol. The number of rotatable bonds is 5. The molecule has 0 fully saturated rings. The Labute approximate surface area is 103 Å². The number of aryl methyl sites for hydroxylation is 2. The molecule has 1 rings (SSSR count). The summed E-state index contributed by atoms with van der Waals surface area (Å²) in [6.07, 6.45) is 2.69. The van der Waals surface area contributed by atoms with E-state index in [1.807, 2.05) is 11.7 Å². The summed E-state index contributed by atoms with van der Waals surface area (Å²) in [4.78, 5) is 0. The lowest BCUT2D eigenvalue weighted by Gasteiger charge is -2.14. The molecule has 0 bridgehead atoms. The van der Waals surface area contributed by atoms with Gasteiger partial charge < -0.3 is 5.73 Å². The summed E-state index contributed by atoms with van der Waals surface area (Å²) in [6.45, 7) is 6.43. The van der Waals surface area contributed by atoms with Crippen LogP contribution in [-0.2, 0) is 19.9 Å². The molecule has 0 radical (unpaired) electrons. The van der Waals surface area contributed by atoms with E-state index in [2.05, 4.69) is 25.9 Å². The first-order valence-electron chi connectivity index (χ1n) is 5.91. The van der Waals surface area contributed by atoms with E-state index in [1.54, 1.807) is 0 Å². The largest absolute Gasteiger partial charge is 0.327 e. The molecule has 1 unspecified atom stereocenters. The van der Waals surface area contributed by atoms with Crippen LogP contribution >= 0.6 is 11.6 Å². The van der Waals surface area contributed by atoms with Crippen molar-refractivity contribution in [1.29, 1.82) is 0 Å². The summed E-state index contributed by atoms with van der Waals surface area (Å²) < 4.78 is 1.86. The van der Waals surface area contributed by atoms with Crippen molar-refractivity contribution in [3.63, 3.8) is 0 Å². The minimum Gasteiger partial charge on any atom is -0.327 e. The fourth-order valence-electron chi connectivity index (χ4n) is 1.98. The van der Waals surface area contributed by atoms with Gasteiger partial charge in [-0.15, -0.1) is 0 Å². The fraction of sp³-hybridized carbons (Fsp3) is 0.750. The van der Waals surface area contributed by atoms with Crippen LogP contribution in [0.4, 0.5) is 0 Å². The van der Waals surface area contributed by atoms with E-state index in [4.69, 9.17) is 17.3 Å². The Kier molecular flexibility index (Phi) is 4.81. The number of hydrogen-bond acceptors (Lipinski definition) is 2. The SMILES string of the molecule is CCc1nn(C)c(CC(N)CC(C)C)c1Cl. The summed E-state index contributed by atoms with van der Waals surface area (Å²) in [5.41, 5.74) is 8.13. The molecule has 1 aromatic heterocycles. The molecule has 16 heavy (non-hydrogen) atoms. The molecule has 0 amide bonds. The molecule has 0 spiro atoms. The molecule has 4 heteroatoms. The quantitative estimate of drug-likeness (QED) is 0.864. The third-order valence-corrected chi connectivity index (χ3v) is 3.17. The van der Waals surface area contributed by atoms with Crippen LogP contribution in [0.5, 0.6) is 0 Å². The van der Waals surface area contributed by atoms with E-state index < -0.39 is 0 Å². The lowest BCUT2D eigenvalue weighted by atomic mass is 10.0. The maximum atomic E-state index is 6.27. The van der Waals surface area contributed by atoms with Crippen LogP contribution in [0.2, 0.25) is 5.02 Å². The second-order valence-corrected chi connectivity index (χ2v) is 5.16. The highest BCUT2D eigenvalue weighted by Gasteiger charge is 2.16. The van der Waals surface area contributed by atoms with E-state index >= 15 is 0 Å². The molecule has 1 atom stereocenters. The molecule has 1 heterocycles. The van der Waals surface area contributed by atoms with Gasteiger partial charge in [-0.25, -0.2) is 0 Å². The standard InChI is InChI=1S/C12H22ClN3/c1-5-10-12(13)11(16(4)15-10)7-9(14)6-8(2)3/h8-9H,5-7,14H2,1-4H3. The molecule has 0 aromatic carbocycles. The minimum atomic E-state index is 0.164. The zero-order valence-electron chi connectivity index (χ0n) is 10.6. The maximum Gasteiger partial charge on any atom is 0.0850 e. The molecule has 0 aliphatic carbocycles. The maximum absolute atomic E-state index is 6.27. The van der Waals surface area contributed by atoms with Crippen molar-refractivity contribution in [2.24, 2.45) is 18.7 Å². The summed E-state index contributed by atoms with van der Waals surface area (Å²) in [7, 11) is 1.93. The average Bonchev–Trinajstić information content (AvgIpc) is 2.44. The van der Waals surface area contributed by atoms with Crippen molar-refractivity contribution in [3.8, 4) is 0 Å². The van der Waals surface area contributed by atoms with Gasteiger partial charge in [0.1, 0.15) is 0 Å². The highest BCUT2D eigenvalue weighted by molar-refractivity contribution is 6.31. The van der Waals surface area contributed by atoms with Gasteiger partial charge in [0.2, 0.25) is 0 Å². The van der Waals surface area contributed by atoms with E-state index in [0.717, 1.165) is 35.7 Å². The Morgan fingerprint density at radius 3 is 2.50 bits per heavy atom. The Hall–Kier alpha value is -0.540. The van der Waals surface area contributed by atoms with E-state index in [-0.39, 0.29) is 6.04 Å². The predicted octanol–water partition coefficient (Wildman–Crippen LogP) is 2.55. The van der Waals surface area contributed by atoms with Crippen molar-refractivity contribution in [2.75, 3.05) is 0 Å². The van der Waals surface area contributed by atoms with Crippen LogP contribution in [0.15, 0.2) is 0 Å². The third kappa shape index (κ3) is 3.22. The van der Waals surface area contributed by atoms with Crippen LogP contribution in [0.1, 0.15) is 38.6 Å². The predicted molar refractivity (Wildman–Crippen MR) is 68.7 cm³/mol. The van der Waals surface area contributed by atoms with Crippen molar-refractivity contribution in [3.05, 3.63) is 16.4 Å². The Morgan fingerprint density at radius 1 is 1.44 bits per heavy atom. The number of nitrogens with two attached hydrogens (primary N) is 1. The molecule has 1 aromatic rings. The molecule has 0 aliphatic heterocycles. The van der Waals surface area contributed by atoms with Crippen molar-refractivity contribution in [1.82, 2.24) is 9.78 Å². The summed E-state index contributed by atoms with van der Waals surface area (Å²) in [5, 5.41) is 5.19. The normalized spacial score (nSPS) is 13.4. The van der Waals surface area contributed by atoms with Crippen molar-refractivity contribution >= 4 is 11.6 Å². The molecule has 0 aliphatic rings. The first-order chi connectivity index (χ1) is 7.45. The smallest absolute Gasteiger partial charge is 0.0850 e. The topological polar surface area (TPSA) is 43.8 Å². The molecule has 0 saturated carbocycles. The summed E-state index contributed by atoms with van der Waals surface area (Å²) in [5.74, 6) is 0.618. The Bertz CT molecular complexity index is 344. The Balaban J connectivity index is 2.76. The first kappa shape index (κ1) is 13.5. The molecule has 92 valence electrons. The van der Waals surface area contributed by atoms with Gasteiger partial charge in [-0.3, -0.25) is 4.68 Å². The van der Waals surface area contributed by atoms with Gasteiger partial charge in [0.25, 0.3) is 0 Å². The van der Waals surface area contributed by atoms with Gasteiger partial charge in [-0.1, -0.05) is 32.4 Å². The summed E-state index contributed by atoms with van der Waals surface area (Å²) >= 11 is 6.27. The molecule has 2 N–H and O–H groups in total. The summed E-state index contributed by atoms with van der Waals surface area (Å²) in [6, 6.07) is 0.164. The first-order valence-corrected chi connectivity index (χ1v) is 6.29. The second-order valence-electron chi connectivity index (χ2n) is 4.78. The number of hydrogen-bond donors (Lipinski definition) is 1. The second kappa shape index (κ2) is 5.69. The number of aromatic nitrogens is 2. The minimum absolute atomic E-state index is 0.164.